The van der Waals surface area contributed by atoms with E-state index in [0.29, 0.717) is 0 Å². The highest BCUT2D eigenvalue weighted by atomic mass is 15.0. The van der Waals surface area contributed by atoms with Gasteiger partial charge < -0.3 is 4.98 Å². The molecule has 0 aromatic carbocycles. The maximum atomic E-state index is 4.31. The number of aromatic amines is 1. The Morgan fingerprint density at radius 2 is 1.85 bits per heavy atom. The Balaban J connectivity index is 0.000000121. The average molecular weight is 265 g/mol. The van der Waals surface area contributed by atoms with Crippen LogP contribution >= 0.6 is 0 Å². The van der Waals surface area contributed by atoms with Crippen LogP contribution in [0.2, 0.25) is 0 Å². The monoisotopic (exact) mass is 265 g/mol. The van der Waals surface area contributed by atoms with Crippen molar-refractivity contribution in [1.82, 2.24) is 19.9 Å². The minimum Gasteiger partial charge on any atom is -0.341 e. The van der Waals surface area contributed by atoms with Crippen molar-refractivity contribution in [2.45, 2.75) is 20.3 Å². The van der Waals surface area contributed by atoms with Gasteiger partial charge in [0.25, 0.3) is 0 Å². The number of imidazole rings is 1. The molecule has 0 unspecified atom stereocenters. The van der Waals surface area contributed by atoms with E-state index in [1.54, 1.807) is 6.20 Å². The standard InChI is InChI=1S/C8H8N2.C7H7N3/c1-6-5-8-7(10-6)3-2-4-9-8;1-5-9-6-3-2-4-8-7(6)10-5/h2-4H,5H2,1H3;2-4H,1H3,(H,8,9,10). The molecule has 4 heterocycles. The van der Waals surface area contributed by atoms with Crippen LogP contribution in [0.4, 0.5) is 5.69 Å². The number of fused-ring (bicyclic) bond motifs is 2. The van der Waals surface area contributed by atoms with Crippen molar-refractivity contribution in [3.05, 3.63) is 48.2 Å². The number of pyridine rings is 2. The van der Waals surface area contributed by atoms with Crippen LogP contribution in [-0.2, 0) is 6.42 Å². The maximum Gasteiger partial charge on any atom is 0.177 e. The molecule has 0 spiro atoms. The van der Waals surface area contributed by atoms with E-state index >= 15 is 0 Å². The minimum atomic E-state index is 0.792. The highest BCUT2D eigenvalue weighted by Crippen LogP contribution is 2.22. The second-order valence-corrected chi connectivity index (χ2v) is 4.69. The quantitative estimate of drug-likeness (QED) is 0.679. The van der Waals surface area contributed by atoms with Gasteiger partial charge in [0.15, 0.2) is 5.65 Å². The molecule has 20 heavy (non-hydrogen) atoms. The minimum absolute atomic E-state index is 0.792. The largest absolute Gasteiger partial charge is 0.341 e. The summed E-state index contributed by atoms with van der Waals surface area (Å²) in [6.45, 7) is 3.95. The van der Waals surface area contributed by atoms with Gasteiger partial charge in [-0.15, -0.1) is 0 Å². The van der Waals surface area contributed by atoms with Gasteiger partial charge in [-0.25, -0.2) is 9.97 Å². The molecule has 3 aromatic rings. The molecule has 3 aromatic heterocycles. The molecule has 1 N–H and O–H groups in total. The average Bonchev–Trinajstić information content (AvgIpc) is 2.99. The van der Waals surface area contributed by atoms with Crippen LogP contribution < -0.4 is 0 Å². The molecule has 0 radical (unpaired) electrons. The lowest BCUT2D eigenvalue weighted by molar-refractivity contribution is 1.16. The lowest BCUT2D eigenvalue weighted by Crippen LogP contribution is -1.90. The molecule has 100 valence electrons. The summed E-state index contributed by atoms with van der Waals surface area (Å²) in [4.78, 5) is 19.8. The van der Waals surface area contributed by atoms with Crippen molar-refractivity contribution in [3.63, 3.8) is 0 Å². The summed E-state index contributed by atoms with van der Waals surface area (Å²) in [5.41, 5.74) is 5.11. The smallest absolute Gasteiger partial charge is 0.177 e. The zero-order chi connectivity index (χ0) is 13.9. The van der Waals surface area contributed by atoms with Crippen molar-refractivity contribution in [2.24, 2.45) is 4.99 Å². The van der Waals surface area contributed by atoms with Crippen LogP contribution in [0.5, 0.6) is 0 Å². The number of nitrogens with one attached hydrogen (secondary N) is 1. The van der Waals surface area contributed by atoms with Crippen LogP contribution in [0.15, 0.2) is 41.7 Å². The Bertz CT molecular complexity index is 740. The molecule has 5 heteroatoms. The summed E-state index contributed by atoms with van der Waals surface area (Å²) < 4.78 is 0. The second-order valence-electron chi connectivity index (χ2n) is 4.69. The molecule has 0 saturated carbocycles. The molecule has 4 rings (SSSR count). The fourth-order valence-corrected chi connectivity index (χ4v) is 2.12. The Morgan fingerprint density at radius 1 is 1.05 bits per heavy atom. The Labute approximate surface area is 116 Å². The third-order valence-corrected chi connectivity index (χ3v) is 2.98. The van der Waals surface area contributed by atoms with Gasteiger partial charge in [-0.05, 0) is 38.1 Å². The molecule has 1 aliphatic heterocycles. The Kier molecular flexibility index (Phi) is 3.25. The number of nitrogens with zero attached hydrogens (tertiary/aromatic N) is 4. The van der Waals surface area contributed by atoms with Crippen LogP contribution in [0, 0.1) is 6.92 Å². The number of hydrogen-bond donors (Lipinski definition) is 1. The lowest BCUT2D eigenvalue weighted by Gasteiger charge is -1.90. The van der Waals surface area contributed by atoms with Crippen molar-refractivity contribution in [1.29, 1.82) is 0 Å². The third kappa shape index (κ3) is 2.56. The van der Waals surface area contributed by atoms with Crippen LogP contribution in [0.1, 0.15) is 18.4 Å². The normalized spacial score (nSPS) is 12.6. The Morgan fingerprint density at radius 3 is 2.65 bits per heavy atom. The number of aromatic nitrogens is 4. The molecule has 0 bridgehead atoms. The number of rotatable bonds is 0. The van der Waals surface area contributed by atoms with Crippen LogP contribution in [-0.4, -0.2) is 25.6 Å². The van der Waals surface area contributed by atoms with E-state index in [0.717, 1.165) is 40.5 Å². The first-order valence-electron chi connectivity index (χ1n) is 6.48. The van der Waals surface area contributed by atoms with Crippen molar-refractivity contribution >= 4 is 22.6 Å². The number of hydrogen-bond acceptors (Lipinski definition) is 4. The van der Waals surface area contributed by atoms with Gasteiger partial charge in [0.1, 0.15) is 5.82 Å². The zero-order valence-corrected chi connectivity index (χ0v) is 11.5. The van der Waals surface area contributed by atoms with E-state index in [1.807, 2.05) is 44.3 Å². The molecule has 0 aliphatic carbocycles. The molecule has 0 fully saturated rings. The summed E-state index contributed by atoms with van der Waals surface area (Å²) in [6.07, 6.45) is 4.48. The predicted molar refractivity (Wildman–Crippen MR) is 79.3 cm³/mol. The number of H-pyrrole nitrogens is 1. The van der Waals surface area contributed by atoms with Gasteiger partial charge in [-0.3, -0.25) is 9.98 Å². The van der Waals surface area contributed by atoms with Crippen LogP contribution in [0.25, 0.3) is 11.2 Å². The Hall–Kier alpha value is -2.56. The molecule has 0 atom stereocenters. The molecular weight excluding hydrogens is 250 g/mol. The van der Waals surface area contributed by atoms with Gasteiger partial charge in [0, 0.05) is 24.5 Å². The molecular formula is C15H15N5. The van der Waals surface area contributed by atoms with E-state index in [1.165, 1.54) is 0 Å². The van der Waals surface area contributed by atoms with Crippen molar-refractivity contribution < 1.29 is 0 Å². The molecule has 0 amide bonds. The van der Waals surface area contributed by atoms with E-state index in [9.17, 15) is 0 Å². The summed E-state index contributed by atoms with van der Waals surface area (Å²) in [6, 6.07) is 7.77. The number of aryl methyl sites for hydroxylation is 1. The third-order valence-electron chi connectivity index (χ3n) is 2.98. The van der Waals surface area contributed by atoms with E-state index in [-0.39, 0.29) is 0 Å². The molecule has 0 saturated heterocycles. The fraction of sp³-hybridized carbons (Fsp3) is 0.200. The van der Waals surface area contributed by atoms with Gasteiger partial charge in [-0.2, -0.15) is 0 Å². The maximum absolute atomic E-state index is 4.31. The highest BCUT2D eigenvalue weighted by molar-refractivity contribution is 5.91. The summed E-state index contributed by atoms with van der Waals surface area (Å²) in [5, 5.41) is 0. The second kappa shape index (κ2) is 5.21. The van der Waals surface area contributed by atoms with E-state index in [2.05, 4.69) is 24.9 Å². The SMILES string of the molecule is CC1=Nc2cccnc2C1.Cc1nc2ncccc2[nH]1. The van der Waals surface area contributed by atoms with E-state index in [4.69, 9.17) is 0 Å². The van der Waals surface area contributed by atoms with Gasteiger partial charge in [-0.1, -0.05) is 0 Å². The first-order valence-corrected chi connectivity index (χ1v) is 6.48. The summed E-state index contributed by atoms with van der Waals surface area (Å²) in [5.74, 6) is 0.911. The predicted octanol–water partition coefficient (Wildman–Crippen LogP) is 3.00. The van der Waals surface area contributed by atoms with Crippen LogP contribution in [0.3, 0.4) is 0 Å². The lowest BCUT2D eigenvalue weighted by atomic mass is 10.2. The highest BCUT2D eigenvalue weighted by Gasteiger charge is 2.10. The topological polar surface area (TPSA) is 66.8 Å². The van der Waals surface area contributed by atoms with Crippen molar-refractivity contribution in [2.75, 3.05) is 0 Å². The zero-order valence-electron chi connectivity index (χ0n) is 11.5. The van der Waals surface area contributed by atoms with Crippen molar-refractivity contribution in [3.8, 4) is 0 Å². The molecule has 5 nitrogen and oxygen atoms in total. The fourth-order valence-electron chi connectivity index (χ4n) is 2.12. The molecule has 1 aliphatic rings. The summed E-state index contributed by atoms with van der Waals surface area (Å²) in [7, 11) is 0. The summed E-state index contributed by atoms with van der Waals surface area (Å²) >= 11 is 0. The first kappa shape index (κ1) is 12.5. The first-order chi connectivity index (χ1) is 9.72. The van der Waals surface area contributed by atoms with E-state index < -0.39 is 0 Å². The van der Waals surface area contributed by atoms with Gasteiger partial charge >= 0.3 is 0 Å². The van der Waals surface area contributed by atoms with Gasteiger partial charge in [0.2, 0.25) is 0 Å². The van der Waals surface area contributed by atoms with Gasteiger partial charge in [0.05, 0.1) is 16.9 Å². The number of aliphatic imine (C=N–C) groups is 1.